The lowest BCUT2D eigenvalue weighted by Crippen LogP contribution is -2.30. The Kier molecular flexibility index (Phi) is 7.80. The number of benzene rings is 2. The van der Waals surface area contributed by atoms with Crippen LogP contribution in [0.5, 0.6) is 5.75 Å². The third-order valence-electron chi connectivity index (χ3n) is 5.68. The van der Waals surface area contributed by atoms with Gasteiger partial charge in [0.2, 0.25) is 0 Å². The number of ether oxygens (including phenoxy) is 2. The molecule has 3 nitrogen and oxygen atoms in total. The highest BCUT2D eigenvalue weighted by Gasteiger charge is 2.37. The van der Waals surface area contributed by atoms with Crippen LogP contribution in [0.25, 0.3) is 0 Å². The fourth-order valence-electron chi connectivity index (χ4n) is 3.98. The molecule has 0 saturated carbocycles. The highest BCUT2D eigenvalue weighted by Crippen LogP contribution is 2.38. The van der Waals surface area contributed by atoms with Crippen molar-refractivity contribution in [3.8, 4) is 5.75 Å². The van der Waals surface area contributed by atoms with Crippen molar-refractivity contribution in [3.63, 3.8) is 0 Å². The Balaban J connectivity index is 1.64. The number of halogens is 4. The van der Waals surface area contributed by atoms with Crippen LogP contribution in [0.3, 0.4) is 0 Å². The number of hydrogen-bond donors (Lipinski definition) is 0. The van der Waals surface area contributed by atoms with Crippen LogP contribution >= 0.6 is 0 Å². The van der Waals surface area contributed by atoms with Gasteiger partial charge in [-0.05, 0) is 55.9 Å². The summed E-state index contributed by atoms with van der Waals surface area (Å²) in [6.07, 6.45) is -2.22. The lowest BCUT2D eigenvalue weighted by atomic mass is 9.89. The number of hydrogen-bond acceptors (Lipinski definition) is 3. The van der Waals surface area contributed by atoms with Crippen molar-refractivity contribution in [3.05, 3.63) is 64.7 Å². The van der Waals surface area contributed by atoms with Gasteiger partial charge in [-0.1, -0.05) is 35.9 Å². The molecule has 0 spiro atoms. The van der Waals surface area contributed by atoms with Gasteiger partial charge in [0.1, 0.15) is 17.9 Å². The summed E-state index contributed by atoms with van der Waals surface area (Å²) in [4.78, 5) is 4.40. The van der Waals surface area contributed by atoms with Gasteiger partial charge >= 0.3 is 6.18 Å². The van der Waals surface area contributed by atoms with Crippen LogP contribution in [-0.4, -0.2) is 31.3 Å². The topological polar surface area (TPSA) is 30.8 Å². The Morgan fingerprint density at radius 2 is 1.81 bits per heavy atom. The average molecular weight is 452 g/mol. The zero-order chi connectivity index (χ0) is 23.2. The van der Waals surface area contributed by atoms with Gasteiger partial charge in [-0.3, -0.25) is 4.39 Å². The molecule has 7 heteroatoms. The molecule has 3 rings (SSSR count). The summed E-state index contributed by atoms with van der Waals surface area (Å²) in [5.74, 6) is 0.325. The summed E-state index contributed by atoms with van der Waals surface area (Å²) in [5, 5.41) is 0. The first kappa shape index (κ1) is 24.1. The van der Waals surface area contributed by atoms with E-state index in [4.69, 9.17) is 9.47 Å². The fraction of sp³-hybridized carbons (Fsp3) is 0.480. The molecule has 0 radical (unpaired) electrons. The number of aliphatic imine (C=N–C) groups is 1. The summed E-state index contributed by atoms with van der Waals surface area (Å²) in [6, 6.07) is 12.2. The lowest BCUT2D eigenvalue weighted by molar-refractivity contribution is -0.139. The van der Waals surface area contributed by atoms with E-state index in [0.29, 0.717) is 30.7 Å². The summed E-state index contributed by atoms with van der Waals surface area (Å²) in [5.41, 5.74) is 1.31. The Hall–Kier alpha value is -2.57. The highest BCUT2D eigenvalue weighted by atomic mass is 19.4. The van der Waals surface area contributed by atoms with Crippen LogP contribution in [-0.2, 0) is 23.8 Å². The molecule has 0 aromatic heterocycles. The molecule has 1 heterocycles. The molecule has 0 fully saturated rings. The van der Waals surface area contributed by atoms with Crippen molar-refractivity contribution in [2.45, 2.75) is 57.7 Å². The van der Waals surface area contributed by atoms with Crippen LogP contribution in [0.2, 0.25) is 0 Å². The molecular formula is C25H29F4NO2. The summed E-state index contributed by atoms with van der Waals surface area (Å²) in [6.45, 7) is 3.61. The van der Waals surface area contributed by atoms with E-state index in [2.05, 4.69) is 11.1 Å². The first-order valence-corrected chi connectivity index (χ1v) is 10.8. The largest absolute Gasteiger partial charge is 0.493 e. The van der Waals surface area contributed by atoms with Crippen molar-refractivity contribution in [1.29, 1.82) is 0 Å². The van der Waals surface area contributed by atoms with Gasteiger partial charge in [0, 0.05) is 13.3 Å². The minimum atomic E-state index is -4.52. The molecule has 1 atom stereocenters. The second-order valence-corrected chi connectivity index (χ2v) is 8.35. The minimum Gasteiger partial charge on any atom is -0.493 e. The van der Waals surface area contributed by atoms with Gasteiger partial charge in [-0.15, -0.1) is 0 Å². The summed E-state index contributed by atoms with van der Waals surface area (Å²) >= 11 is 0. The number of rotatable bonds is 10. The van der Waals surface area contributed by atoms with Gasteiger partial charge in [-0.25, -0.2) is 4.99 Å². The van der Waals surface area contributed by atoms with Crippen molar-refractivity contribution >= 4 is 5.90 Å². The molecule has 0 N–H and O–H groups in total. The quantitative estimate of drug-likeness (QED) is 0.305. The Morgan fingerprint density at radius 3 is 2.47 bits per heavy atom. The maximum absolute atomic E-state index is 13.7. The van der Waals surface area contributed by atoms with E-state index in [9.17, 15) is 17.6 Å². The van der Waals surface area contributed by atoms with Crippen LogP contribution in [0.4, 0.5) is 17.6 Å². The second-order valence-electron chi connectivity index (χ2n) is 8.35. The number of alkyl halides is 4. The zero-order valence-electron chi connectivity index (χ0n) is 18.5. The fourth-order valence-corrected chi connectivity index (χ4v) is 3.98. The molecule has 2 aromatic rings. The van der Waals surface area contributed by atoms with Crippen molar-refractivity contribution in [2.24, 2.45) is 4.99 Å². The van der Waals surface area contributed by atoms with Gasteiger partial charge in [-0.2, -0.15) is 13.2 Å². The molecule has 1 unspecified atom stereocenters. The normalized spacial score (nSPS) is 18.4. The molecular weight excluding hydrogens is 422 g/mol. The predicted molar refractivity (Wildman–Crippen MR) is 117 cm³/mol. The first-order valence-electron chi connectivity index (χ1n) is 10.8. The van der Waals surface area contributed by atoms with Gasteiger partial charge in [0.25, 0.3) is 0 Å². The third-order valence-corrected chi connectivity index (χ3v) is 5.68. The molecule has 32 heavy (non-hydrogen) atoms. The molecule has 0 aliphatic carbocycles. The van der Waals surface area contributed by atoms with E-state index in [1.54, 1.807) is 13.0 Å². The molecule has 174 valence electrons. The molecule has 0 amide bonds. The smallest absolute Gasteiger partial charge is 0.419 e. The van der Waals surface area contributed by atoms with Crippen LogP contribution in [0.15, 0.2) is 47.5 Å². The molecule has 1 aliphatic rings. The molecule has 1 aliphatic heterocycles. The minimum absolute atomic E-state index is 0.165. The van der Waals surface area contributed by atoms with Crippen LogP contribution in [0.1, 0.15) is 48.4 Å². The van der Waals surface area contributed by atoms with E-state index < -0.39 is 24.0 Å². The van der Waals surface area contributed by atoms with Gasteiger partial charge in [0.05, 0.1) is 18.8 Å². The van der Waals surface area contributed by atoms with E-state index in [1.165, 1.54) is 6.07 Å². The van der Waals surface area contributed by atoms with E-state index in [-0.39, 0.29) is 25.4 Å². The predicted octanol–water partition coefficient (Wildman–Crippen LogP) is 6.51. The number of aryl methyl sites for hydroxylation is 3. The van der Waals surface area contributed by atoms with Crippen molar-refractivity contribution in [2.75, 3.05) is 19.9 Å². The molecule has 0 bridgehead atoms. The summed E-state index contributed by atoms with van der Waals surface area (Å²) in [7, 11) is 0. The summed E-state index contributed by atoms with van der Waals surface area (Å²) < 4.78 is 64.9. The van der Waals surface area contributed by atoms with Crippen LogP contribution < -0.4 is 4.74 Å². The zero-order valence-corrected chi connectivity index (χ0v) is 18.5. The second kappa shape index (κ2) is 10.4. The molecule has 2 aromatic carbocycles. The van der Waals surface area contributed by atoms with Gasteiger partial charge < -0.3 is 9.47 Å². The Bertz CT molecular complexity index is 942. The standard InChI is InChI=1S/C25H29F4NO2/c1-18-5-3-6-20(15-18)7-4-14-31-23-9-8-21(16-22(23)25(27,28)29)10-11-24(12-13-26)17-32-19(2)30-24/h3,5-6,8-9,15-16H,4,7,10-14,17H2,1-2H3. The lowest BCUT2D eigenvalue weighted by Gasteiger charge is -2.23. The van der Waals surface area contributed by atoms with Crippen molar-refractivity contribution < 1.29 is 27.0 Å². The van der Waals surface area contributed by atoms with E-state index in [0.717, 1.165) is 23.6 Å². The molecule has 0 saturated heterocycles. The Morgan fingerprint density at radius 1 is 1.03 bits per heavy atom. The monoisotopic (exact) mass is 451 g/mol. The van der Waals surface area contributed by atoms with Crippen molar-refractivity contribution in [1.82, 2.24) is 0 Å². The SMILES string of the molecule is CC1=NC(CCF)(CCc2ccc(OCCCc3cccc(C)c3)c(C(F)(F)F)c2)CO1. The van der Waals surface area contributed by atoms with E-state index >= 15 is 0 Å². The average Bonchev–Trinajstić information content (AvgIpc) is 3.10. The highest BCUT2D eigenvalue weighted by molar-refractivity contribution is 5.75. The first-order chi connectivity index (χ1) is 15.2. The number of nitrogens with zero attached hydrogens (tertiary/aromatic N) is 1. The Labute approximate surface area is 186 Å². The van der Waals surface area contributed by atoms with Gasteiger partial charge in [0.15, 0.2) is 5.90 Å². The maximum atomic E-state index is 13.7. The maximum Gasteiger partial charge on any atom is 0.419 e. The van der Waals surface area contributed by atoms with Crippen LogP contribution in [0, 0.1) is 6.92 Å². The van der Waals surface area contributed by atoms with E-state index in [1.807, 2.05) is 25.1 Å². The third kappa shape index (κ3) is 6.47.